The van der Waals surface area contributed by atoms with Crippen LogP contribution in [0.15, 0.2) is 46.3 Å². The minimum Gasteiger partial charge on any atom is -0.338 e. The SMILES string of the molecule is Cc1ccc(C)c(-n2ccnc2SCC(=O)Nc2cc(C)no2)c1. The molecule has 0 spiro atoms. The Balaban J connectivity index is 1.69. The first-order chi connectivity index (χ1) is 11.5. The second kappa shape index (κ2) is 6.92. The number of aryl methyl sites for hydroxylation is 3. The number of nitrogens with one attached hydrogen (secondary N) is 1. The van der Waals surface area contributed by atoms with Crippen molar-refractivity contribution >= 4 is 23.6 Å². The quantitative estimate of drug-likeness (QED) is 0.718. The number of hydrogen-bond donors (Lipinski definition) is 1. The number of carbonyl (C=O) groups excluding carboxylic acids is 1. The molecule has 0 aliphatic rings. The number of imidazole rings is 1. The molecule has 0 saturated heterocycles. The van der Waals surface area contributed by atoms with Crippen molar-refractivity contribution in [3.8, 4) is 5.69 Å². The van der Waals surface area contributed by atoms with Crippen LogP contribution >= 0.6 is 11.8 Å². The second-order valence-electron chi connectivity index (χ2n) is 5.54. The summed E-state index contributed by atoms with van der Waals surface area (Å²) in [6.45, 7) is 5.91. The molecular formula is C17H18N4O2S. The summed E-state index contributed by atoms with van der Waals surface area (Å²) >= 11 is 1.37. The smallest absolute Gasteiger partial charge is 0.237 e. The summed E-state index contributed by atoms with van der Waals surface area (Å²) in [6.07, 6.45) is 3.64. The van der Waals surface area contributed by atoms with Crippen LogP contribution in [-0.2, 0) is 4.79 Å². The molecule has 0 fully saturated rings. The van der Waals surface area contributed by atoms with Crippen LogP contribution in [0, 0.1) is 20.8 Å². The Labute approximate surface area is 144 Å². The van der Waals surface area contributed by atoms with E-state index in [1.54, 1.807) is 19.2 Å². The Hall–Kier alpha value is -2.54. The lowest BCUT2D eigenvalue weighted by atomic mass is 10.1. The molecule has 0 saturated carbocycles. The zero-order chi connectivity index (χ0) is 17.1. The molecule has 24 heavy (non-hydrogen) atoms. The van der Waals surface area contributed by atoms with E-state index in [0.717, 1.165) is 22.1 Å². The molecule has 0 radical (unpaired) electrons. The number of thioether (sulfide) groups is 1. The van der Waals surface area contributed by atoms with Gasteiger partial charge < -0.3 is 4.52 Å². The number of benzene rings is 1. The summed E-state index contributed by atoms with van der Waals surface area (Å²) in [5, 5.41) is 7.19. The van der Waals surface area contributed by atoms with Crippen LogP contribution in [0.4, 0.5) is 5.88 Å². The number of amides is 1. The molecule has 7 heteroatoms. The molecule has 1 amide bonds. The van der Waals surface area contributed by atoms with E-state index >= 15 is 0 Å². The van der Waals surface area contributed by atoms with Crippen molar-refractivity contribution in [2.75, 3.05) is 11.1 Å². The normalized spacial score (nSPS) is 10.8. The number of carbonyl (C=O) groups is 1. The monoisotopic (exact) mass is 342 g/mol. The number of hydrogen-bond acceptors (Lipinski definition) is 5. The van der Waals surface area contributed by atoms with Crippen molar-refractivity contribution < 1.29 is 9.32 Å². The van der Waals surface area contributed by atoms with Gasteiger partial charge in [-0.1, -0.05) is 29.1 Å². The molecule has 0 aliphatic carbocycles. The van der Waals surface area contributed by atoms with Gasteiger partial charge in [0.2, 0.25) is 11.8 Å². The predicted octanol–water partition coefficient (Wildman–Crippen LogP) is 3.52. The van der Waals surface area contributed by atoms with E-state index in [4.69, 9.17) is 4.52 Å². The molecule has 1 aromatic carbocycles. The van der Waals surface area contributed by atoms with Crippen LogP contribution in [-0.4, -0.2) is 26.4 Å². The highest BCUT2D eigenvalue weighted by Crippen LogP contribution is 2.23. The van der Waals surface area contributed by atoms with E-state index < -0.39 is 0 Å². The molecular weight excluding hydrogens is 324 g/mol. The van der Waals surface area contributed by atoms with Crippen molar-refractivity contribution in [2.45, 2.75) is 25.9 Å². The first kappa shape index (κ1) is 16.3. The summed E-state index contributed by atoms with van der Waals surface area (Å²) in [6, 6.07) is 7.95. The molecule has 2 heterocycles. The van der Waals surface area contributed by atoms with Gasteiger partial charge in [-0.2, -0.15) is 0 Å². The van der Waals surface area contributed by atoms with Crippen LogP contribution in [0.5, 0.6) is 0 Å². The molecule has 0 unspecified atom stereocenters. The zero-order valence-electron chi connectivity index (χ0n) is 13.7. The summed E-state index contributed by atoms with van der Waals surface area (Å²) in [7, 11) is 0. The van der Waals surface area contributed by atoms with Gasteiger partial charge in [-0.05, 0) is 38.0 Å². The fourth-order valence-corrected chi connectivity index (χ4v) is 3.05. The maximum atomic E-state index is 12.0. The van der Waals surface area contributed by atoms with Gasteiger partial charge >= 0.3 is 0 Å². The van der Waals surface area contributed by atoms with Gasteiger partial charge in [0.25, 0.3) is 0 Å². The zero-order valence-corrected chi connectivity index (χ0v) is 14.6. The van der Waals surface area contributed by atoms with Crippen LogP contribution in [0.1, 0.15) is 16.8 Å². The third kappa shape index (κ3) is 3.68. The molecule has 3 aromatic rings. The van der Waals surface area contributed by atoms with Crippen molar-refractivity contribution in [3.05, 3.63) is 53.5 Å². The fourth-order valence-electron chi connectivity index (χ4n) is 2.28. The van der Waals surface area contributed by atoms with Crippen molar-refractivity contribution in [3.63, 3.8) is 0 Å². The highest BCUT2D eigenvalue weighted by Gasteiger charge is 2.12. The molecule has 124 valence electrons. The third-order valence-electron chi connectivity index (χ3n) is 3.45. The minimum atomic E-state index is -0.160. The van der Waals surface area contributed by atoms with Gasteiger partial charge in [-0.25, -0.2) is 4.98 Å². The molecule has 0 bridgehead atoms. The Bertz CT molecular complexity index is 869. The largest absolute Gasteiger partial charge is 0.338 e. The predicted molar refractivity (Wildman–Crippen MR) is 93.6 cm³/mol. The van der Waals surface area contributed by atoms with E-state index in [1.165, 1.54) is 17.3 Å². The van der Waals surface area contributed by atoms with Crippen molar-refractivity contribution in [2.24, 2.45) is 0 Å². The van der Waals surface area contributed by atoms with Gasteiger partial charge in [0.1, 0.15) is 0 Å². The standard InChI is InChI=1S/C17H18N4O2S/c1-11-4-5-12(2)14(8-11)21-7-6-18-17(21)24-10-15(22)19-16-9-13(3)20-23-16/h4-9H,10H2,1-3H3,(H,19,22). The number of anilines is 1. The molecule has 6 nitrogen and oxygen atoms in total. The highest BCUT2D eigenvalue weighted by molar-refractivity contribution is 7.99. The minimum absolute atomic E-state index is 0.160. The Morgan fingerprint density at radius 3 is 2.88 bits per heavy atom. The lowest BCUT2D eigenvalue weighted by Crippen LogP contribution is -2.14. The van der Waals surface area contributed by atoms with Crippen LogP contribution in [0.25, 0.3) is 5.69 Å². The Kier molecular flexibility index (Phi) is 4.71. The summed E-state index contributed by atoms with van der Waals surface area (Å²) in [5.41, 5.74) is 4.13. The summed E-state index contributed by atoms with van der Waals surface area (Å²) in [4.78, 5) is 16.4. The Morgan fingerprint density at radius 2 is 2.12 bits per heavy atom. The van der Waals surface area contributed by atoms with E-state index in [1.807, 2.05) is 10.8 Å². The number of aromatic nitrogens is 3. The second-order valence-corrected chi connectivity index (χ2v) is 6.48. The first-order valence-corrected chi connectivity index (χ1v) is 8.48. The third-order valence-corrected chi connectivity index (χ3v) is 4.42. The highest BCUT2D eigenvalue weighted by atomic mass is 32.2. The van der Waals surface area contributed by atoms with Gasteiger partial charge in [0, 0.05) is 18.5 Å². The lowest BCUT2D eigenvalue weighted by Gasteiger charge is -2.11. The maximum Gasteiger partial charge on any atom is 0.237 e. The van der Waals surface area contributed by atoms with E-state index in [0.29, 0.717) is 5.88 Å². The molecule has 0 aliphatic heterocycles. The summed E-state index contributed by atoms with van der Waals surface area (Å²) in [5.74, 6) is 0.435. The average Bonchev–Trinajstić information content (AvgIpc) is 3.16. The van der Waals surface area contributed by atoms with Crippen molar-refractivity contribution in [1.29, 1.82) is 0 Å². The topological polar surface area (TPSA) is 73.0 Å². The Morgan fingerprint density at radius 1 is 1.29 bits per heavy atom. The maximum absolute atomic E-state index is 12.0. The lowest BCUT2D eigenvalue weighted by molar-refractivity contribution is -0.113. The summed E-state index contributed by atoms with van der Waals surface area (Å²) < 4.78 is 6.98. The molecule has 1 N–H and O–H groups in total. The van der Waals surface area contributed by atoms with E-state index in [9.17, 15) is 4.79 Å². The average molecular weight is 342 g/mol. The molecule has 3 rings (SSSR count). The van der Waals surface area contributed by atoms with E-state index in [2.05, 4.69) is 47.5 Å². The van der Waals surface area contributed by atoms with Gasteiger partial charge in [0.15, 0.2) is 5.16 Å². The van der Waals surface area contributed by atoms with E-state index in [-0.39, 0.29) is 11.7 Å². The van der Waals surface area contributed by atoms with Gasteiger partial charge in [-0.3, -0.25) is 14.7 Å². The van der Waals surface area contributed by atoms with Crippen molar-refractivity contribution in [1.82, 2.24) is 14.7 Å². The van der Waals surface area contributed by atoms with Crippen LogP contribution in [0.2, 0.25) is 0 Å². The van der Waals surface area contributed by atoms with Crippen LogP contribution < -0.4 is 5.32 Å². The number of rotatable bonds is 5. The number of nitrogens with zero attached hydrogens (tertiary/aromatic N) is 3. The van der Waals surface area contributed by atoms with Crippen LogP contribution in [0.3, 0.4) is 0 Å². The molecule has 2 aromatic heterocycles. The fraction of sp³-hybridized carbons (Fsp3) is 0.235. The first-order valence-electron chi connectivity index (χ1n) is 7.50. The van der Waals surface area contributed by atoms with Gasteiger partial charge in [-0.15, -0.1) is 0 Å². The molecule has 0 atom stereocenters. The van der Waals surface area contributed by atoms with Gasteiger partial charge in [0.05, 0.1) is 17.1 Å².